The quantitative estimate of drug-likeness (QED) is 0.521. The summed E-state index contributed by atoms with van der Waals surface area (Å²) in [6.07, 6.45) is 3.78. The van der Waals surface area contributed by atoms with Gasteiger partial charge in [0.25, 0.3) is 0 Å². The molecule has 122 valence electrons. The van der Waals surface area contributed by atoms with E-state index >= 15 is 0 Å². The molecule has 0 spiro atoms. The van der Waals surface area contributed by atoms with Gasteiger partial charge in [0.15, 0.2) is 0 Å². The number of thiophene rings is 1. The Labute approximate surface area is 148 Å². The maximum atomic E-state index is 13.1. The second-order valence-corrected chi connectivity index (χ2v) is 7.75. The van der Waals surface area contributed by atoms with Crippen LogP contribution in [0.3, 0.4) is 0 Å². The third-order valence-corrected chi connectivity index (χ3v) is 6.28. The van der Waals surface area contributed by atoms with Gasteiger partial charge >= 0.3 is 0 Å². The summed E-state index contributed by atoms with van der Waals surface area (Å²) in [5, 5.41) is 3.66. The van der Waals surface area contributed by atoms with Crippen molar-refractivity contribution in [1.82, 2.24) is 14.9 Å². The maximum Gasteiger partial charge on any atom is 0.240 e. The molecule has 1 amide bonds. The highest BCUT2D eigenvalue weighted by molar-refractivity contribution is 8.00. The van der Waals surface area contributed by atoms with E-state index in [1.807, 2.05) is 46.7 Å². The van der Waals surface area contributed by atoms with E-state index in [2.05, 4.69) is 9.97 Å². The SMILES string of the molecule is O=C(C(Sc1ncnc2sccc12)c1ccccc1)N1CCCC1. The summed E-state index contributed by atoms with van der Waals surface area (Å²) in [4.78, 5) is 24.8. The smallest absolute Gasteiger partial charge is 0.240 e. The largest absolute Gasteiger partial charge is 0.341 e. The molecule has 0 radical (unpaired) electrons. The normalized spacial score (nSPS) is 15.8. The fourth-order valence-corrected chi connectivity index (χ4v) is 4.93. The summed E-state index contributed by atoms with van der Waals surface area (Å²) < 4.78 is 0. The molecule has 0 saturated carbocycles. The van der Waals surface area contributed by atoms with Crippen molar-refractivity contribution < 1.29 is 4.79 Å². The van der Waals surface area contributed by atoms with Gasteiger partial charge in [0, 0.05) is 18.5 Å². The molecule has 1 unspecified atom stereocenters. The topological polar surface area (TPSA) is 46.1 Å². The van der Waals surface area contributed by atoms with Gasteiger partial charge in [-0.1, -0.05) is 42.1 Å². The van der Waals surface area contributed by atoms with Gasteiger partial charge in [0.1, 0.15) is 21.4 Å². The minimum atomic E-state index is -0.262. The van der Waals surface area contributed by atoms with Crippen molar-refractivity contribution in [3.05, 3.63) is 53.7 Å². The first-order valence-corrected chi connectivity index (χ1v) is 9.77. The molecule has 24 heavy (non-hydrogen) atoms. The number of likely N-dealkylation sites (tertiary alicyclic amines) is 1. The molecule has 1 atom stereocenters. The number of benzene rings is 1. The van der Waals surface area contributed by atoms with Gasteiger partial charge in [0.05, 0.1) is 0 Å². The van der Waals surface area contributed by atoms with E-state index in [0.29, 0.717) is 0 Å². The van der Waals surface area contributed by atoms with Crippen LogP contribution >= 0.6 is 23.1 Å². The van der Waals surface area contributed by atoms with E-state index < -0.39 is 0 Å². The van der Waals surface area contributed by atoms with Crippen LogP contribution in [0.4, 0.5) is 0 Å². The van der Waals surface area contributed by atoms with Crippen LogP contribution in [-0.4, -0.2) is 33.9 Å². The van der Waals surface area contributed by atoms with Gasteiger partial charge in [-0.25, -0.2) is 9.97 Å². The molecule has 1 fully saturated rings. The highest BCUT2D eigenvalue weighted by Gasteiger charge is 2.29. The summed E-state index contributed by atoms with van der Waals surface area (Å²) in [6, 6.07) is 12.0. The highest BCUT2D eigenvalue weighted by atomic mass is 32.2. The van der Waals surface area contributed by atoms with E-state index in [-0.39, 0.29) is 11.2 Å². The molecule has 3 aromatic rings. The van der Waals surface area contributed by atoms with E-state index in [1.54, 1.807) is 17.7 Å². The maximum absolute atomic E-state index is 13.1. The number of hydrogen-bond acceptors (Lipinski definition) is 5. The van der Waals surface area contributed by atoms with Gasteiger partial charge in [-0.2, -0.15) is 0 Å². The Morgan fingerprint density at radius 1 is 1.12 bits per heavy atom. The van der Waals surface area contributed by atoms with Crippen LogP contribution < -0.4 is 0 Å². The number of fused-ring (bicyclic) bond motifs is 1. The van der Waals surface area contributed by atoms with Crippen molar-refractivity contribution in [3.8, 4) is 0 Å². The zero-order valence-electron chi connectivity index (χ0n) is 13.1. The summed E-state index contributed by atoms with van der Waals surface area (Å²) >= 11 is 3.13. The Bertz CT molecular complexity index is 844. The van der Waals surface area contributed by atoms with Gasteiger partial charge in [-0.15, -0.1) is 11.3 Å². The van der Waals surface area contributed by atoms with E-state index in [9.17, 15) is 4.79 Å². The minimum absolute atomic E-state index is 0.186. The first-order valence-electron chi connectivity index (χ1n) is 8.01. The molecule has 3 heterocycles. The molecular formula is C18H17N3OS2. The van der Waals surface area contributed by atoms with Gasteiger partial charge in [-0.3, -0.25) is 4.79 Å². The van der Waals surface area contributed by atoms with Crippen molar-refractivity contribution in [3.63, 3.8) is 0 Å². The molecule has 1 aromatic carbocycles. The number of rotatable bonds is 4. The number of carbonyl (C=O) groups is 1. The van der Waals surface area contributed by atoms with Crippen molar-refractivity contribution in [2.45, 2.75) is 23.1 Å². The lowest BCUT2D eigenvalue weighted by molar-refractivity contribution is -0.129. The Morgan fingerprint density at radius 3 is 2.71 bits per heavy atom. The Hall–Kier alpha value is -1.92. The van der Waals surface area contributed by atoms with Crippen molar-refractivity contribution >= 4 is 39.2 Å². The van der Waals surface area contributed by atoms with Crippen LogP contribution in [0.25, 0.3) is 10.2 Å². The summed E-state index contributed by atoms with van der Waals surface area (Å²) in [5.74, 6) is 0.186. The average Bonchev–Trinajstić information content (AvgIpc) is 3.31. The molecule has 0 aliphatic carbocycles. The number of thioether (sulfide) groups is 1. The molecule has 1 saturated heterocycles. The molecule has 4 rings (SSSR count). The summed E-state index contributed by atoms with van der Waals surface area (Å²) in [5.41, 5.74) is 1.03. The Morgan fingerprint density at radius 2 is 1.92 bits per heavy atom. The number of nitrogens with zero attached hydrogens (tertiary/aromatic N) is 3. The second-order valence-electron chi connectivity index (χ2n) is 5.76. The fourth-order valence-electron chi connectivity index (χ4n) is 2.97. The fraction of sp³-hybridized carbons (Fsp3) is 0.278. The predicted octanol–water partition coefficient (Wildman–Crippen LogP) is 4.15. The third kappa shape index (κ3) is 3.03. The Balaban J connectivity index is 1.70. The average molecular weight is 355 g/mol. The minimum Gasteiger partial charge on any atom is -0.341 e. The van der Waals surface area contributed by atoms with Gasteiger partial charge in [0.2, 0.25) is 5.91 Å². The van der Waals surface area contributed by atoms with Crippen LogP contribution in [0, 0.1) is 0 Å². The highest BCUT2D eigenvalue weighted by Crippen LogP contribution is 2.39. The van der Waals surface area contributed by atoms with E-state index in [0.717, 1.165) is 46.7 Å². The van der Waals surface area contributed by atoms with Crippen LogP contribution in [0.2, 0.25) is 0 Å². The first-order chi connectivity index (χ1) is 11.8. The summed E-state index contributed by atoms with van der Waals surface area (Å²) in [7, 11) is 0. The molecule has 0 bridgehead atoms. The number of carbonyl (C=O) groups excluding carboxylic acids is 1. The lowest BCUT2D eigenvalue weighted by atomic mass is 10.1. The second kappa shape index (κ2) is 6.91. The van der Waals surface area contributed by atoms with E-state index in [1.165, 1.54) is 11.8 Å². The molecule has 1 aliphatic rings. The third-order valence-electron chi connectivity index (χ3n) is 4.20. The zero-order chi connectivity index (χ0) is 16.4. The standard InChI is InChI=1S/C18H17N3OS2/c22-18(21-9-4-5-10-21)15(13-6-2-1-3-7-13)24-17-14-8-11-23-16(14)19-12-20-17/h1-3,6-8,11-12,15H,4-5,9-10H2. The molecule has 1 aliphatic heterocycles. The van der Waals surface area contributed by atoms with Crippen molar-refractivity contribution in [2.24, 2.45) is 0 Å². The van der Waals surface area contributed by atoms with Crippen molar-refractivity contribution in [2.75, 3.05) is 13.1 Å². The lowest BCUT2D eigenvalue weighted by Gasteiger charge is -2.23. The molecule has 4 nitrogen and oxygen atoms in total. The van der Waals surface area contributed by atoms with Crippen LogP contribution in [0.1, 0.15) is 23.7 Å². The number of hydrogen-bond donors (Lipinski definition) is 0. The molecule has 2 aromatic heterocycles. The van der Waals surface area contributed by atoms with Gasteiger partial charge in [-0.05, 0) is 29.9 Å². The monoisotopic (exact) mass is 355 g/mol. The lowest BCUT2D eigenvalue weighted by Crippen LogP contribution is -2.31. The number of aromatic nitrogens is 2. The van der Waals surface area contributed by atoms with Crippen LogP contribution in [0.5, 0.6) is 0 Å². The van der Waals surface area contributed by atoms with Crippen LogP contribution in [0.15, 0.2) is 53.1 Å². The first kappa shape index (κ1) is 15.6. The Kier molecular flexibility index (Phi) is 4.49. The van der Waals surface area contributed by atoms with Crippen LogP contribution in [-0.2, 0) is 4.79 Å². The van der Waals surface area contributed by atoms with Crippen molar-refractivity contribution in [1.29, 1.82) is 0 Å². The molecule has 0 N–H and O–H groups in total. The zero-order valence-corrected chi connectivity index (χ0v) is 14.7. The summed E-state index contributed by atoms with van der Waals surface area (Å²) in [6.45, 7) is 1.72. The number of amides is 1. The van der Waals surface area contributed by atoms with E-state index in [4.69, 9.17) is 0 Å². The molecule has 6 heteroatoms. The van der Waals surface area contributed by atoms with Gasteiger partial charge < -0.3 is 4.90 Å². The predicted molar refractivity (Wildman–Crippen MR) is 98.3 cm³/mol. The molecular weight excluding hydrogens is 338 g/mol.